The Labute approximate surface area is 114 Å². The largest absolute Gasteiger partial charge is 0.344 e. The molecule has 100 valence electrons. The Bertz CT molecular complexity index is 658. The lowest BCUT2D eigenvalue weighted by Gasteiger charge is -2.06. The Morgan fingerprint density at radius 2 is 2.37 bits per heavy atom. The number of nitrogens with one attached hydrogen (secondary N) is 1. The standard InChI is InChI=1S/C12H15N5OS/c1-7-4-8(5-13)6-14-10(7)19-12-16-15-11(18)17(12)9-2-3-9/h4,6,9H,2-3,5,13H2,1H3,(H,15,18). The number of rotatable bonds is 4. The summed E-state index contributed by atoms with van der Waals surface area (Å²) in [5.41, 5.74) is 7.50. The lowest BCUT2D eigenvalue weighted by Crippen LogP contribution is -2.16. The van der Waals surface area contributed by atoms with E-state index in [0.717, 1.165) is 29.0 Å². The van der Waals surface area contributed by atoms with Crippen LogP contribution in [-0.2, 0) is 6.54 Å². The summed E-state index contributed by atoms with van der Waals surface area (Å²) in [7, 11) is 0. The van der Waals surface area contributed by atoms with Gasteiger partial charge in [-0.1, -0.05) is 6.07 Å². The molecule has 7 heteroatoms. The fraction of sp³-hybridized carbons (Fsp3) is 0.417. The van der Waals surface area contributed by atoms with Crippen molar-refractivity contribution in [1.29, 1.82) is 0 Å². The molecule has 0 aromatic carbocycles. The highest BCUT2D eigenvalue weighted by molar-refractivity contribution is 7.99. The van der Waals surface area contributed by atoms with Crippen LogP contribution in [0, 0.1) is 6.92 Å². The van der Waals surface area contributed by atoms with Gasteiger partial charge in [-0.25, -0.2) is 14.9 Å². The van der Waals surface area contributed by atoms with Gasteiger partial charge in [-0.15, -0.1) is 5.10 Å². The maximum Gasteiger partial charge on any atom is 0.344 e. The average Bonchev–Trinajstić information content (AvgIpc) is 3.17. The van der Waals surface area contributed by atoms with E-state index in [-0.39, 0.29) is 5.69 Å². The van der Waals surface area contributed by atoms with Gasteiger partial charge in [0.1, 0.15) is 5.03 Å². The van der Waals surface area contributed by atoms with Crippen molar-refractivity contribution in [2.24, 2.45) is 5.73 Å². The van der Waals surface area contributed by atoms with E-state index in [1.807, 2.05) is 13.0 Å². The van der Waals surface area contributed by atoms with Gasteiger partial charge in [0.05, 0.1) is 0 Å². The number of hydrogen-bond donors (Lipinski definition) is 2. The van der Waals surface area contributed by atoms with Crippen LogP contribution < -0.4 is 11.4 Å². The van der Waals surface area contributed by atoms with Crippen molar-refractivity contribution >= 4 is 11.8 Å². The molecule has 0 radical (unpaired) electrons. The first-order valence-electron chi connectivity index (χ1n) is 6.19. The zero-order chi connectivity index (χ0) is 13.4. The molecule has 6 nitrogen and oxygen atoms in total. The summed E-state index contributed by atoms with van der Waals surface area (Å²) in [5.74, 6) is 0. The van der Waals surface area contributed by atoms with Crippen LogP contribution >= 0.6 is 11.8 Å². The van der Waals surface area contributed by atoms with Crippen molar-refractivity contribution in [2.75, 3.05) is 0 Å². The Balaban J connectivity index is 1.91. The fourth-order valence-electron chi connectivity index (χ4n) is 1.94. The van der Waals surface area contributed by atoms with Crippen molar-refractivity contribution in [1.82, 2.24) is 19.7 Å². The molecule has 0 amide bonds. The summed E-state index contributed by atoms with van der Waals surface area (Å²) in [6.45, 7) is 2.47. The van der Waals surface area contributed by atoms with E-state index in [2.05, 4.69) is 15.2 Å². The Hall–Kier alpha value is -1.60. The normalized spacial score (nSPS) is 14.8. The molecule has 0 unspecified atom stereocenters. The van der Waals surface area contributed by atoms with Crippen LogP contribution in [0.5, 0.6) is 0 Å². The summed E-state index contributed by atoms with van der Waals surface area (Å²) in [4.78, 5) is 16.1. The van der Waals surface area contributed by atoms with Crippen molar-refractivity contribution in [3.8, 4) is 0 Å². The average molecular weight is 277 g/mol. The molecule has 2 aromatic heterocycles. The highest BCUT2D eigenvalue weighted by Gasteiger charge is 2.29. The topological polar surface area (TPSA) is 89.6 Å². The SMILES string of the molecule is Cc1cc(CN)cnc1Sc1n[nH]c(=O)n1C1CC1. The highest BCUT2D eigenvalue weighted by Crippen LogP contribution is 2.37. The maximum atomic E-state index is 11.7. The van der Waals surface area contributed by atoms with Crippen LogP contribution in [0.4, 0.5) is 0 Å². The first-order valence-corrected chi connectivity index (χ1v) is 7.01. The molecule has 3 N–H and O–H groups in total. The zero-order valence-electron chi connectivity index (χ0n) is 10.6. The van der Waals surface area contributed by atoms with Crippen molar-refractivity contribution in [3.05, 3.63) is 33.9 Å². The second kappa shape index (κ2) is 4.82. The minimum Gasteiger partial charge on any atom is -0.326 e. The van der Waals surface area contributed by atoms with Gasteiger partial charge >= 0.3 is 5.69 Å². The number of hydrogen-bond acceptors (Lipinski definition) is 5. The van der Waals surface area contributed by atoms with Gasteiger partial charge in [0, 0.05) is 18.8 Å². The minimum atomic E-state index is -0.138. The molecule has 0 bridgehead atoms. The molecule has 3 rings (SSSR count). The first-order chi connectivity index (χ1) is 9.19. The number of nitrogens with two attached hydrogens (primary N) is 1. The predicted octanol–water partition coefficient (Wildman–Crippen LogP) is 1.22. The molecular weight excluding hydrogens is 262 g/mol. The molecule has 2 heterocycles. The van der Waals surface area contributed by atoms with E-state index < -0.39 is 0 Å². The molecule has 0 atom stereocenters. The molecule has 1 saturated carbocycles. The molecule has 0 spiro atoms. The van der Waals surface area contributed by atoms with E-state index in [1.165, 1.54) is 11.8 Å². The third-order valence-corrected chi connectivity index (χ3v) is 4.19. The van der Waals surface area contributed by atoms with E-state index in [4.69, 9.17) is 5.73 Å². The number of pyridine rings is 1. The second-order valence-electron chi connectivity index (χ2n) is 4.68. The number of aromatic amines is 1. The van der Waals surface area contributed by atoms with Gasteiger partial charge < -0.3 is 5.73 Å². The summed E-state index contributed by atoms with van der Waals surface area (Å²) >= 11 is 1.42. The van der Waals surface area contributed by atoms with Crippen LogP contribution in [0.1, 0.15) is 30.0 Å². The molecule has 0 aliphatic heterocycles. The summed E-state index contributed by atoms with van der Waals surface area (Å²) in [6, 6.07) is 2.32. The number of H-pyrrole nitrogens is 1. The predicted molar refractivity (Wildman–Crippen MR) is 72.1 cm³/mol. The van der Waals surface area contributed by atoms with Gasteiger partial charge in [-0.2, -0.15) is 0 Å². The third kappa shape index (κ3) is 2.43. The van der Waals surface area contributed by atoms with Crippen LogP contribution in [0.2, 0.25) is 0 Å². The van der Waals surface area contributed by atoms with Crippen molar-refractivity contribution < 1.29 is 0 Å². The van der Waals surface area contributed by atoms with Gasteiger partial charge in [0.15, 0.2) is 5.16 Å². The molecule has 19 heavy (non-hydrogen) atoms. The number of nitrogens with zero attached hydrogens (tertiary/aromatic N) is 3. The summed E-state index contributed by atoms with van der Waals surface area (Å²) < 4.78 is 1.72. The second-order valence-corrected chi connectivity index (χ2v) is 5.64. The van der Waals surface area contributed by atoms with Crippen LogP contribution in [0.15, 0.2) is 27.2 Å². The van der Waals surface area contributed by atoms with Gasteiger partial charge in [-0.05, 0) is 42.7 Å². The highest BCUT2D eigenvalue weighted by atomic mass is 32.2. The van der Waals surface area contributed by atoms with Gasteiger partial charge in [0.2, 0.25) is 0 Å². The van der Waals surface area contributed by atoms with Crippen LogP contribution in [-0.4, -0.2) is 19.7 Å². The van der Waals surface area contributed by atoms with Crippen LogP contribution in [0.3, 0.4) is 0 Å². The van der Waals surface area contributed by atoms with Gasteiger partial charge in [0.25, 0.3) is 0 Å². The quantitative estimate of drug-likeness (QED) is 0.877. The number of aryl methyl sites for hydroxylation is 1. The molecule has 1 aliphatic carbocycles. The van der Waals surface area contributed by atoms with Crippen molar-refractivity contribution in [3.63, 3.8) is 0 Å². The van der Waals surface area contributed by atoms with E-state index >= 15 is 0 Å². The minimum absolute atomic E-state index is 0.138. The van der Waals surface area contributed by atoms with Crippen molar-refractivity contribution in [2.45, 2.75) is 42.5 Å². The first kappa shape index (κ1) is 12.4. The smallest absolute Gasteiger partial charge is 0.326 e. The van der Waals surface area contributed by atoms with Crippen LogP contribution in [0.25, 0.3) is 0 Å². The molecule has 1 fully saturated rings. The van der Waals surface area contributed by atoms with Gasteiger partial charge in [-0.3, -0.25) is 4.57 Å². The summed E-state index contributed by atoms with van der Waals surface area (Å²) in [5, 5.41) is 8.13. The Morgan fingerprint density at radius 1 is 1.58 bits per heavy atom. The Kier molecular flexibility index (Phi) is 3.16. The van der Waals surface area contributed by atoms with E-state index in [0.29, 0.717) is 17.7 Å². The fourth-order valence-corrected chi connectivity index (χ4v) is 2.86. The number of aromatic nitrogens is 4. The molecule has 2 aromatic rings. The lowest BCUT2D eigenvalue weighted by atomic mass is 10.2. The van der Waals surface area contributed by atoms with E-state index in [1.54, 1.807) is 10.8 Å². The monoisotopic (exact) mass is 277 g/mol. The summed E-state index contributed by atoms with van der Waals surface area (Å²) in [6.07, 6.45) is 3.86. The lowest BCUT2D eigenvalue weighted by molar-refractivity contribution is 0.642. The zero-order valence-corrected chi connectivity index (χ0v) is 11.4. The van der Waals surface area contributed by atoms with E-state index in [9.17, 15) is 4.79 Å². The molecular formula is C12H15N5OS. The molecule has 0 saturated heterocycles. The Morgan fingerprint density at radius 3 is 3.00 bits per heavy atom. The molecule has 1 aliphatic rings. The third-order valence-electron chi connectivity index (χ3n) is 3.09. The maximum absolute atomic E-state index is 11.7.